The van der Waals surface area contributed by atoms with Crippen LogP contribution in [-0.2, 0) is 13.5 Å². The molecule has 106 valence electrons. The fraction of sp³-hybridized carbons (Fsp3) is 0.429. The molecule has 5 nitrogen and oxygen atoms in total. The molecule has 0 radical (unpaired) electrons. The van der Waals surface area contributed by atoms with Crippen LogP contribution in [0, 0.1) is 13.8 Å². The molecule has 6 heteroatoms. The number of rotatable bonds is 5. The summed E-state index contributed by atoms with van der Waals surface area (Å²) in [7, 11) is 1.77. The number of hydrogen-bond acceptors (Lipinski definition) is 5. The summed E-state index contributed by atoms with van der Waals surface area (Å²) in [5.41, 5.74) is 1.98. The monoisotopic (exact) mass is 291 g/mol. The molecule has 0 aromatic carbocycles. The van der Waals surface area contributed by atoms with E-state index in [1.54, 1.807) is 24.9 Å². The third-order valence-electron chi connectivity index (χ3n) is 3.02. The summed E-state index contributed by atoms with van der Waals surface area (Å²) in [5.74, 6) is -0.339. The van der Waals surface area contributed by atoms with Crippen molar-refractivity contribution in [3.05, 3.63) is 33.0 Å². The van der Waals surface area contributed by atoms with Gasteiger partial charge in [-0.05, 0) is 20.3 Å². The summed E-state index contributed by atoms with van der Waals surface area (Å²) in [4.78, 5) is 29.2. The first-order valence-electron chi connectivity index (χ1n) is 6.45. The van der Waals surface area contributed by atoms with Crippen LogP contribution in [0.25, 0.3) is 0 Å². The maximum atomic E-state index is 12.2. The lowest BCUT2D eigenvalue weighted by molar-refractivity contribution is 0.0895. The first-order valence-corrected chi connectivity index (χ1v) is 7.27. The number of carbonyl (C=O) groups is 2. The van der Waals surface area contributed by atoms with Crippen LogP contribution >= 0.6 is 11.3 Å². The predicted octanol–water partition coefficient (Wildman–Crippen LogP) is 2.51. The summed E-state index contributed by atoms with van der Waals surface area (Å²) in [6.07, 6.45) is 2.23. The van der Waals surface area contributed by atoms with E-state index in [1.807, 2.05) is 13.8 Å². The second-order valence-electron chi connectivity index (χ2n) is 4.69. The van der Waals surface area contributed by atoms with Crippen molar-refractivity contribution in [1.29, 1.82) is 0 Å². The van der Waals surface area contributed by atoms with Crippen molar-refractivity contribution in [3.63, 3.8) is 0 Å². The van der Waals surface area contributed by atoms with E-state index in [0.717, 1.165) is 10.7 Å². The van der Waals surface area contributed by atoms with Crippen LogP contribution < -0.4 is 0 Å². The number of hydrogen-bond donors (Lipinski definition) is 0. The number of carbonyl (C=O) groups excluding carboxylic acids is 2. The van der Waals surface area contributed by atoms with E-state index in [0.29, 0.717) is 22.6 Å². The van der Waals surface area contributed by atoms with Gasteiger partial charge in [0.2, 0.25) is 0 Å². The Hall–Kier alpha value is -1.82. The highest BCUT2D eigenvalue weighted by Crippen LogP contribution is 2.20. The third-order valence-corrected chi connectivity index (χ3v) is 4.13. The van der Waals surface area contributed by atoms with Crippen LogP contribution in [0.15, 0.2) is 6.20 Å². The Morgan fingerprint density at radius 3 is 2.55 bits per heavy atom. The normalized spacial score (nSPS) is 10.8. The third kappa shape index (κ3) is 2.85. The van der Waals surface area contributed by atoms with Gasteiger partial charge >= 0.3 is 0 Å². The molecule has 0 saturated carbocycles. The minimum atomic E-state index is -0.176. The van der Waals surface area contributed by atoms with Gasteiger partial charge in [-0.2, -0.15) is 5.10 Å². The zero-order valence-electron chi connectivity index (χ0n) is 12.1. The maximum Gasteiger partial charge on any atom is 0.182 e. The van der Waals surface area contributed by atoms with Crippen molar-refractivity contribution in [2.45, 2.75) is 33.6 Å². The lowest BCUT2D eigenvalue weighted by Gasteiger charge is -1.99. The molecule has 0 spiro atoms. The highest BCUT2D eigenvalue weighted by atomic mass is 32.1. The van der Waals surface area contributed by atoms with E-state index >= 15 is 0 Å². The summed E-state index contributed by atoms with van der Waals surface area (Å²) >= 11 is 1.34. The topological polar surface area (TPSA) is 64.8 Å². The van der Waals surface area contributed by atoms with Crippen molar-refractivity contribution in [2.24, 2.45) is 7.05 Å². The van der Waals surface area contributed by atoms with E-state index in [2.05, 4.69) is 10.1 Å². The Labute approximate surface area is 121 Å². The molecular formula is C14H17N3O2S. The van der Waals surface area contributed by atoms with Gasteiger partial charge in [0.1, 0.15) is 0 Å². The van der Waals surface area contributed by atoms with Gasteiger partial charge in [-0.25, -0.2) is 4.98 Å². The van der Waals surface area contributed by atoms with Crippen LogP contribution in [0.4, 0.5) is 0 Å². The summed E-state index contributed by atoms with van der Waals surface area (Å²) in [6, 6.07) is 0. The first-order chi connectivity index (χ1) is 9.42. The minimum Gasteiger partial charge on any atom is -0.294 e. The van der Waals surface area contributed by atoms with Crippen molar-refractivity contribution in [1.82, 2.24) is 14.8 Å². The predicted molar refractivity (Wildman–Crippen MR) is 77.5 cm³/mol. The molecule has 0 bridgehead atoms. The molecule has 20 heavy (non-hydrogen) atoms. The number of Topliss-reactive ketones (excluding diaryl/α,β-unsaturated/α-hetero) is 2. The Kier molecular flexibility index (Phi) is 4.13. The van der Waals surface area contributed by atoms with Gasteiger partial charge in [0, 0.05) is 13.2 Å². The van der Waals surface area contributed by atoms with Crippen molar-refractivity contribution in [3.8, 4) is 0 Å². The maximum absolute atomic E-state index is 12.2. The zero-order chi connectivity index (χ0) is 14.9. The lowest BCUT2D eigenvalue weighted by Crippen LogP contribution is -2.09. The van der Waals surface area contributed by atoms with E-state index in [4.69, 9.17) is 0 Å². The molecule has 0 aliphatic heterocycles. The molecule has 0 aliphatic rings. The summed E-state index contributed by atoms with van der Waals surface area (Å²) in [6.45, 7) is 5.59. The molecule has 0 aliphatic carbocycles. The molecule has 0 saturated heterocycles. The lowest BCUT2D eigenvalue weighted by atomic mass is 10.0. The average molecular weight is 291 g/mol. The number of thiazole rings is 1. The van der Waals surface area contributed by atoms with Crippen molar-refractivity contribution in [2.75, 3.05) is 0 Å². The Bertz CT molecular complexity index is 670. The summed E-state index contributed by atoms with van der Waals surface area (Å²) < 4.78 is 1.61. The van der Waals surface area contributed by atoms with Gasteiger partial charge in [0.15, 0.2) is 11.6 Å². The molecule has 2 heterocycles. The van der Waals surface area contributed by atoms with Gasteiger partial charge < -0.3 is 0 Å². The van der Waals surface area contributed by atoms with Crippen LogP contribution in [0.3, 0.4) is 0 Å². The Morgan fingerprint density at radius 1 is 1.30 bits per heavy atom. The molecule has 0 amide bonds. The van der Waals surface area contributed by atoms with Crippen LogP contribution in [0.1, 0.15) is 49.8 Å². The summed E-state index contributed by atoms with van der Waals surface area (Å²) in [5, 5.41) is 5.07. The van der Waals surface area contributed by atoms with Gasteiger partial charge in [-0.1, -0.05) is 6.92 Å². The number of nitrogens with zero attached hydrogens (tertiary/aromatic N) is 3. The number of aromatic nitrogens is 3. The van der Waals surface area contributed by atoms with E-state index in [9.17, 15) is 9.59 Å². The van der Waals surface area contributed by atoms with Crippen LogP contribution in [0.2, 0.25) is 0 Å². The van der Waals surface area contributed by atoms with E-state index in [1.165, 1.54) is 11.3 Å². The number of aryl methyl sites for hydroxylation is 4. The molecule has 0 fully saturated rings. The fourth-order valence-electron chi connectivity index (χ4n) is 2.14. The Balaban J connectivity index is 2.19. The molecule has 0 unspecified atom stereocenters. The van der Waals surface area contributed by atoms with Gasteiger partial charge in [0.05, 0.1) is 33.3 Å². The fourth-order valence-corrected chi connectivity index (χ4v) is 3.00. The van der Waals surface area contributed by atoms with Gasteiger partial charge in [-0.15, -0.1) is 11.3 Å². The van der Waals surface area contributed by atoms with E-state index < -0.39 is 0 Å². The molecule has 2 aromatic heterocycles. The molecule has 0 N–H and O–H groups in total. The Morgan fingerprint density at radius 2 is 2.00 bits per heavy atom. The standard InChI is InChI=1S/C14H17N3O2S/c1-5-11-10(7-17(4)16-11)12(18)6-13(19)14-8(2)15-9(3)20-14/h7H,5-6H2,1-4H3. The van der Waals surface area contributed by atoms with Gasteiger partial charge in [0.25, 0.3) is 0 Å². The smallest absolute Gasteiger partial charge is 0.182 e. The number of ketones is 2. The second kappa shape index (κ2) is 5.66. The highest BCUT2D eigenvalue weighted by Gasteiger charge is 2.21. The largest absolute Gasteiger partial charge is 0.294 e. The quantitative estimate of drug-likeness (QED) is 0.627. The van der Waals surface area contributed by atoms with Crippen LogP contribution in [-0.4, -0.2) is 26.3 Å². The van der Waals surface area contributed by atoms with E-state index in [-0.39, 0.29) is 18.0 Å². The van der Waals surface area contributed by atoms with Gasteiger partial charge in [-0.3, -0.25) is 14.3 Å². The second-order valence-corrected chi connectivity index (χ2v) is 5.89. The van der Waals surface area contributed by atoms with Crippen LogP contribution in [0.5, 0.6) is 0 Å². The van der Waals surface area contributed by atoms with Crippen molar-refractivity contribution < 1.29 is 9.59 Å². The SMILES string of the molecule is CCc1nn(C)cc1C(=O)CC(=O)c1sc(C)nc1C. The van der Waals surface area contributed by atoms with Crippen molar-refractivity contribution >= 4 is 22.9 Å². The molecule has 2 rings (SSSR count). The average Bonchev–Trinajstić information content (AvgIpc) is 2.91. The highest BCUT2D eigenvalue weighted by molar-refractivity contribution is 7.13. The first kappa shape index (κ1) is 14.6. The minimum absolute atomic E-state index is 0.124. The molecule has 2 aromatic rings. The molecule has 0 atom stereocenters. The molecular weight excluding hydrogens is 274 g/mol. The zero-order valence-corrected chi connectivity index (χ0v) is 12.9.